The first-order chi connectivity index (χ1) is 12.3. The Morgan fingerprint density at radius 3 is 2.76 bits per heavy atom. The van der Waals surface area contributed by atoms with Crippen molar-refractivity contribution < 1.29 is 4.79 Å². The fourth-order valence-corrected chi connectivity index (χ4v) is 2.56. The highest BCUT2D eigenvalue weighted by Gasteiger charge is 2.11. The molecule has 1 aromatic carbocycles. The summed E-state index contributed by atoms with van der Waals surface area (Å²) >= 11 is 0. The highest BCUT2D eigenvalue weighted by atomic mass is 16.1. The smallest absolute Gasteiger partial charge is 0.207 e. The molecule has 0 bridgehead atoms. The number of hydrogen-bond donors (Lipinski definition) is 3. The predicted molar refractivity (Wildman–Crippen MR) is 97.1 cm³/mol. The maximum Gasteiger partial charge on any atom is 0.207 e. The molecule has 0 aliphatic heterocycles. The van der Waals surface area contributed by atoms with Crippen LogP contribution in [0.25, 0.3) is 22.3 Å². The molecule has 0 saturated heterocycles. The van der Waals surface area contributed by atoms with E-state index >= 15 is 0 Å². The second-order valence-corrected chi connectivity index (χ2v) is 5.36. The van der Waals surface area contributed by atoms with Crippen molar-refractivity contribution in [2.24, 2.45) is 0 Å². The molecule has 3 rings (SSSR count). The Kier molecular flexibility index (Phi) is 4.84. The molecule has 1 amide bonds. The van der Waals surface area contributed by atoms with Crippen LogP contribution in [0.15, 0.2) is 48.9 Å². The molecular weight excluding hydrogens is 316 g/mol. The number of amides is 1. The van der Waals surface area contributed by atoms with E-state index in [9.17, 15) is 4.79 Å². The van der Waals surface area contributed by atoms with Gasteiger partial charge in [-0.25, -0.2) is 9.50 Å². The van der Waals surface area contributed by atoms with Gasteiger partial charge in [0.05, 0.1) is 29.3 Å². The van der Waals surface area contributed by atoms with Crippen LogP contribution in [0.2, 0.25) is 0 Å². The Morgan fingerprint density at radius 1 is 1.28 bits per heavy atom. The Balaban J connectivity index is 2.08. The molecule has 0 aliphatic carbocycles. The van der Waals surface area contributed by atoms with E-state index in [0.717, 1.165) is 22.3 Å². The average molecular weight is 334 g/mol. The van der Waals surface area contributed by atoms with Gasteiger partial charge >= 0.3 is 0 Å². The van der Waals surface area contributed by atoms with Crippen molar-refractivity contribution >= 4 is 23.7 Å². The van der Waals surface area contributed by atoms with E-state index < -0.39 is 0 Å². The Bertz CT molecular complexity index is 926. The van der Waals surface area contributed by atoms with Crippen molar-refractivity contribution in [3.63, 3.8) is 0 Å². The van der Waals surface area contributed by atoms with E-state index in [0.29, 0.717) is 24.2 Å². The Morgan fingerprint density at radius 2 is 2.08 bits per heavy atom. The maximum absolute atomic E-state index is 10.4. The summed E-state index contributed by atoms with van der Waals surface area (Å²) in [5, 5.41) is 17.5. The zero-order valence-electron chi connectivity index (χ0n) is 13.7. The first-order valence-electron chi connectivity index (χ1n) is 7.76. The average Bonchev–Trinajstić information content (AvgIpc) is 3.12. The third-order valence-corrected chi connectivity index (χ3v) is 3.76. The van der Waals surface area contributed by atoms with Crippen molar-refractivity contribution in [3.8, 4) is 11.3 Å². The van der Waals surface area contributed by atoms with Gasteiger partial charge in [0, 0.05) is 37.1 Å². The topological polar surface area (TPSA) is 95.2 Å². The van der Waals surface area contributed by atoms with Gasteiger partial charge in [0.25, 0.3) is 0 Å². The standard InChI is InChI=1S/C18H18N6O/c1-20-10-15(8-19)16-11-24-17(6-7-22-24)18(23-16)14-4-2-13(3-5-14)9-21-12-25/h2-8,10-12,19-20H,9H2,1H3,(H,21,25)/b15-10+,19-8?. The number of carbonyl (C=O) groups excluding carboxylic acids is 1. The highest BCUT2D eigenvalue weighted by molar-refractivity contribution is 6.07. The van der Waals surface area contributed by atoms with Gasteiger partial charge in [0.2, 0.25) is 6.41 Å². The van der Waals surface area contributed by atoms with E-state index in [2.05, 4.69) is 15.7 Å². The van der Waals surface area contributed by atoms with Crippen molar-refractivity contribution in [3.05, 3.63) is 60.2 Å². The summed E-state index contributed by atoms with van der Waals surface area (Å²) in [5.74, 6) is 0. The number of carbonyl (C=O) groups is 1. The van der Waals surface area contributed by atoms with Gasteiger partial charge in [0.1, 0.15) is 0 Å². The number of hydrogen-bond acceptors (Lipinski definition) is 5. The zero-order chi connectivity index (χ0) is 17.6. The molecule has 0 atom stereocenters. The molecular formula is C18H18N6O. The third-order valence-electron chi connectivity index (χ3n) is 3.76. The van der Waals surface area contributed by atoms with Gasteiger partial charge in [-0.3, -0.25) is 4.79 Å². The van der Waals surface area contributed by atoms with Crippen LogP contribution in [0.5, 0.6) is 0 Å². The Labute approximate surface area is 144 Å². The normalized spacial score (nSPS) is 11.3. The number of nitrogens with zero attached hydrogens (tertiary/aromatic N) is 3. The highest BCUT2D eigenvalue weighted by Crippen LogP contribution is 2.25. The number of benzene rings is 1. The fourth-order valence-electron chi connectivity index (χ4n) is 2.56. The maximum atomic E-state index is 10.4. The summed E-state index contributed by atoms with van der Waals surface area (Å²) in [6.45, 7) is 0.488. The molecule has 7 heteroatoms. The summed E-state index contributed by atoms with van der Waals surface area (Å²) in [6, 6.07) is 9.74. The minimum atomic E-state index is 0.488. The molecule has 0 saturated carbocycles. The van der Waals surface area contributed by atoms with Crippen molar-refractivity contribution in [1.29, 1.82) is 5.41 Å². The SMILES string of the molecule is CN/C=C(\C=N)c1cn2nccc2c(-c2ccc(CNC=O)cc2)n1. The van der Waals surface area contributed by atoms with Crippen LogP contribution in [0.1, 0.15) is 11.3 Å². The molecule has 0 aliphatic rings. The van der Waals surface area contributed by atoms with Crippen molar-refractivity contribution in [1.82, 2.24) is 25.2 Å². The van der Waals surface area contributed by atoms with Crippen LogP contribution in [0, 0.1) is 5.41 Å². The quantitative estimate of drug-likeness (QED) is 0.454. The number of allylic oxidation sites excluding steroid dienone is 1. The number of fused-ring (bicyclic) bond motifs is 1. The van der Waals surface area contributed by atoms with E-state index in [-0.39, 0.29) is 0 Å². The lowest BCUT2D eigenvalue weighted by Crippen LogP contribution is -2.09. The van der Waals surface area contributed by atoms with Crippen molar-refractivity contribution in [2.75, 3.05) is 7.05 Å². The van der Waals surface area contributed by atoms with E-state index in [1.165, 1.54) is 6.21 Å². The summed E-state index contributed by atoms with van der Waals surface area (Å²) in [6.07, 6.45) is 7.18. The summed E-state index contributed by atoms with van der Waals surface area (Å²) in [4.78, 5) is 15.1. The number of nitrogens with one attached hydrogen (secondary N) is 3. The molecule has 25 heavy (non-hydrogen) atoms. The lowest BCUT2D eigenvalue weighted by Gasteiger charge is -2.09. The molecule has 0 unspecified atom stereocenters. The minimum Gasteiger partial charge on any atom is -0.393 e. The van der Waals surface area contributed by atoms with Crippen LogP contribution in [0.4, 0.5) is 0 Å². The molecule has 0 radical (unpaired) electrons. The van der Waals surface area contributed by atoms with Crippen LogP contribution in [-0.2, 0) is 11.3 Å². The Hall–Kier alpha value is -3.48. The number of aromatic nitrogens is 3. The van der Waals surface area contributed by atoms with Gasteiger partial charge in [-0.15, -0.1) is 0 Å². The van der Waals surface area contributed by atoms with E-state index in [4.69, 9.17) is 10.4 Å². The molecule has 3 N–H and O–H groups in total. The van der Waals surface area contributed by atoms with Crippen LogP contribution in [0.3, 0.4) is 0 Å². The summed E-state index contributed by atoms with van der Waals surface area (Å²) in [5.41, 5.74) is 4.93. The fraction of sp³-hybridized carbons (Fsp3) is 0.111. The molecule has 2 aromatic heterocycles. The van der Waals surface area contributed by atoms with Crippen LogP contribution < -0.4 is 10.6 Å². The van der Waals surface area contributed by atoms with E-state index in [1.54, 1.807) is 30.2 Å². The van der Waals surface area contributed by atoms with Crippen LogP contribution >= 0.6 is 0 Å². The van der Waals surface area contributed by atoms with E-state index in [1.807, 2.05) is 30.3 Å². The largest absolute Gasteiger partial charge is 0.393 e. The van der Waals surface area contributed by atoms with Gasteiger partial charge < -0.3 is 16.0 Å². The molecule has 0 spiro atoms. The van der Waals surface area contributed by atoms with Gasteiger partial charge in [0.15, 0.2) is 0 Å². The lowest BCUT2D eigenvalue weighted by molar-refractivity contribution is -0.109. The molecule has 126 valence electrons. The van der Waals surface area contributed by atoms with Crippen LogP contribution in [-0.4, -0.2) is 34.3 Å². The van der Waals surface area contributed by atoms with Gasteiger partial charge in [-0.2, -0.15) is 5.10 Å². The first-order valence-corrected chi connectivity index (χ1v) is 7.76. The molecule has 2 heterocycles. The monoisotopic (exact) mass is 334 g/mol. The molecule has 7 nitrogen and oxygen atoms in total. The lowest BCUT2D eigenvalue weighted by atomic mass is 10.1. The predicted octanol–water partition coefficient (Wildman–Crippen LogP) is 1.85. The second kappa shape index (κ2) is 7.39. The summed E-state index contributed by atoms with van der Waals surface area (Å²) < 4.78 is 1.76. The molecule has 3 aromatic rings. The summed E-state index contributed by atoms with van der Waals surface area (Å²) in [7, 11) is 1.78. The first kappa shape index (κ1) is 16.4. The van der Waals surface area contributed by atoms with Gasteiger partial charge in [-0.1, -0.05) is 24.3 Å². The number of rotatable bonds is 7. The minimum absolute atomic E-state index is 0.488. The van der Waals surface area contributed by atoms with Crippen molar-refractivity contribution in [2.45, 2.75) is 6.54 Å². The third kappa shape index (κ3) is 3.40. The molecule has 0 fully saturated rings. The van der Waals surface area contributed by atoms with Gasteiger partial charge in [-0.05, 0) is 11.6 Å². The second-order valence-electron chi connectivity index (χ2n) is 5.36. The zero-order valence-corrected chi connectivity index (χ0v) is 13.7.